The number of para-hydroxylation sites is 1. The summed E-state index contributed by atoms with van der Waals surface area (Å²) in [7, 11) is 0. The van der Waals surface area contributed by atoms with E-state index in [0.29, 0.717) is 5.13 Å². The molecular weight excluding hydrogens is 298 g/mol. The third kappa shape index (κ3) is 2.50. The van der Waals surface area contributed by atoms with Crippen molar-refractivity contribution in [3.05, 3.63) is 40.4 Å². The molecule has 1 aliphatic rings. The lowest BCUT2D eigenvalue weighted by molar-refractivity contribution is -0.134. The molecule has 1 N–H and O–H groups in total. The number of aromatic nitrogens is 1. The lowest BCUT2D eigenvalue weighted by Gasteiger charge is -2.21. The van der Waals surface area contributed by atoms with Crippen LogP contribution in [0.3, 0.4) is 0 Å². The Labute approximate surface area is 133 Å². The number of rotatable bonds is 1. The van der Waals surface area contributed by atoms with Crippen molar-refractivity contribution < 1.29 is 9.59 Å². The number of amides is 2. The number of carbonyl (C=O) groups excluding carboxylic acids is 2. The molecule has 0 radical (unpaired) electrons. The van der Waals surface area contributed by atoms with Crippen LogP contribution in [0.4, 0.5) is 10.8 Å². The van der Waals surface area contributed by atoms with Gasteiger partial charge in [0.05, 0.1) is 5.69 Å². The Morgan fingerprint density at radius 1 is 1.32 bits per heavy atom. The van der Waals surface area contributed by atoms with Crippen LogP contribution in [0, 0.1) is 13.8 Å². The molecule has 1 unspecified atom stereocenters. The van der Waals surface area contributed by atoms with Crippen molar-refractivity contribution in [2.24, 2.45) is 0 Å². The van der Waals surface area contributed by atoms with Crippen LogP contribution in [-0.2, 0) is 16.0 Å². The first-order chi connectivity index (χ1) is 10.5. The Balaban J connectivity index is 1.80. The van der Waals surface area contributed by atoms with Gasteiger partial charge in [0.25, 0.3) is 0 Å². The Morgan fingerprint density at radius 3 is 2.73 bits per heavy atom. The molecule has 1 aromatic heterocycles. The second-order valence-corrected chi connectivity index (χ2v) is 6.67. The maximum Gasteiger partial charge on any atom is 0.316 e. The monoisotopic (exact) mass is 315 g/mol. The maximum atomic E-state index is 12.5. The summed E-state index contributed by atoms with van der Waals surface area (Å²) in [4.78, 5) is 31.6. The number of fused-ring (bicyclic) bond motifs is 1. The van der Waals surface area contributed by atoms with E-state index in [0.717, 1.165) is 28.2 Å². The van der Waals surface area contributed by atoms with Gasteiger partial charge in [-0.15, -0.1) is 11.3 Å². The van der Waals surface area contributed by atoms with Crippen LogP contribution in [0.25, 0.3) is 0 Å². The highest BCUT2D eigenvalue weighted by Crippen LogP contribution is 2.32. The fourth-order valence-electron chi connectivity index (χ4n) is 2.66. The molecule has 22 heavy (non-hydrogen) atoms. The lowest BCUT2D eigenvalue weighted by atomic mass is 10.1. The van der Waals surface area contributed by atoms with E-state index in [1.54, 1.807) is 4.90 Å². The maximum absolute atomic E-state index is 12.5. The third-order valence-corrected chi connectivity index (χ3v) is 4.86. The van der Waals surface area contributed by atoms with Gasteiger partial charge in [-0.3, -0.25) is 14.9 Å². The average Bonchev–Trinajstić information content (AvgIpc) is 2.97. The zero-order valence-corrected chi connectivity index (χ0v) is 13.5. The predicted octanol–water partition coefficient (Wildman–Crippen LogP) is 2.68. The Hall–Kier alpha value is -2.21. The number of nitrogens with zero attached hydrogens (tertiary/aromatic N) is 2. The average molecular weight is 315 g/mol. The van der Waals surface area contributed by atoms with Crippen molar-refractivity contribution in [1.82, 2.24) is 4.98 Å². The molecule has 1 aliphatic heterocycles. The van der Waals surface area contributed by atoms with Gasteiger partial charge in [-0.1, -0.05) is 18.2 Å². The van der Waals surface area contributed by atoms with E-state index < -0.39 is 11.8 Å². The van der Waals surface area contributed by atoms with Crippen LogP contribution in [-0.4, -0.2) is 22.8 Å². The highest BCUT2D eigenvalue weighted by atomic mass is 32.1. The van der Waals surface area contributed by atoms with Crippen molar-refractivity contribution in [3.63, 3.8) is 0 Å². The van der Waals surface area contributed by atoms with E-state index in [1.165, 1.54) is 11.3 Å². The molecule has 3 rings (SSSR count). The van der Waals surface area contributed by atoms with Gasteiger partial charge in [-0.05, 0) is 38.8 Å². The van der Waals surface area contributed by atoms with E-state index >= 15 is 0 Å². The summed E-state index contributed by atoms with van der Waals surface area (Å²) in [5.74, 6) is -1.18. The highest BCUT2D eigenvalue weighted by molar-refractivity contribution is 7.15. The minimum atomic E-state index is -0.641. The summed E-state index contributed by atoms with van der Waals surface area (Å²) in [6, 6.07) is 7.67. The van der Waals surface area contributed by atoms with Crippen molar-refractivity contribution in [3.8, 4) is 0 Å². The molecular formula is C16H17N3O2S. The molecule has 0 aliphatic carbocycles. The van der Waals surface area contributed by atoms with E-state index in [2.05, 4.69) is 10.3 Å². The normalized spacial score (nSPS) is 16.5. The minimum Gasteiger partial charge on any atom is -0.301 e. The zero-order valence-electron chi connectivity index (χ0n) is 12.7. The van der Waals surface area contributed by atoms with E-state index in [9.17, 15) is 9.59 Å². The molecule has 1 atom stereocenters. The number of benzene rings is 1. The zero-order chi connectivity index (χ0) is 15.9. The van der Waals surface area contributed by atoms with Gasteiger partial charge in [0.15, 0.2) is 5.13 Å². The topological polar surface area (TPSA) is 62.3 Å². The molecule has 6 heteroatoms. The lowest BCUT2D eigenvalue weighted by Crippen LogP contribution is -2.43. The van der Waals surface area contributed by atoms with E-state index in [1.807, 2.05) is 45.0 Å². The first kappa shape index (κ1) is 14.7. The van der Waals surface area contributed by atoms with Gasteiger partial charge < -0.3 is 4.90 Å². The number of hydrogen-bond donors (Lipinski definition) is 1. The molecule has 114 valence electrons. The van der Waals surface area contributed by atoms with Crippen LogP contribution >= 0.6 is 11.3 Å². The number of anilines is 2. The second kappa shape index (κ2) is 5.53. The summed E-state index contributed by atoms with van der Waals surface area (Å²) in [5, 5.41) is 3.08. The Bertz CT molecular complexity index is 734. The molecule has 0 saturated heterocycles. The first-order valence-corrected chi connectivity index (χ1v) is 7.95. The molecule has 0 bridgehead atoms. The summed E-state index contributed by atoms with van der Waals surface area (Å²) >= 11 is 1.38. The SMILES string of the molecule is Cc1nc(NC(=O)C(=O)N2c3ccccc3CC2C)sc1C. The quantitative estimate of drug-likeness (QED) is 0.823. The van der Waals surface area contributed by atoms with Crippen molar-refractivity contribution in [2.75, 3.05) is 10.2 Å². The van der Waals surface area contributed by atoms with Crippen molar-refractivity contribution in [1.29, 1.82) is 0 Å². The highest BCUT2D eigenvalue weighted by Gasteiger charge is 2.34. The number of aryl methyl sites for hydroxylation is 2. The number of carbonyl (C=O) groups is 2. The molecule has 1 aromatic carbocycles. The molecule has 2 amide bonds. The molecule has 0 spiro atoms. The van der Waals surface area contributed by atoms with Crippen molar-refractivity contribution in [2.45, 2.75) is 33.2 Å². The Morgan fingerprint density at radius 2 is 2.05 bits per heavy atom. The minimum absolute atomic E-state index is 0.0181. The van der Waals surface area contributed by atoms with Gasteiger partial charge in [0, 0.05) is 16.6 Å². The standard InChI is InChI=1S/C16H17N3O2S/c1-9-8-12-6-4-5-7-13(12)19(9)15(21)14(20)18-16-17-10(2)11(3)22-16/h4-7,9H,8H2,1-3H3,(H,17,18,20). The van der Waals surface area contributed by atoms with Crippen LogP contribution in [0.5, 0.6) is 0 Å². The summed E-state index contributed by atoms with van der Waals surface area (Å²) in [6.45, 7) is 5.76. The van der Waals surface area contributed by atoms with Crippen LogP contribution in [0.15, 0.2) is 24.3 Å². The smallest absolute Gasteiger partial charge is 0.301 e. The number of thiazole rings is 1. The van der Waals surface area contributed by atoms with E-state index in [-0.39, 0.29) is 6.04 Å². The van der Waals surface area contributed by atoms with Gasteiger partial charge >= 0.3 is 11.8 Å². The number of nitrogens with one attached hydrogen (secondary N) is 1. The molecule has 2 heterocycles. The molecule has 0 fully saturated rings. The Kier molecular flexibility index (Phi) is 3.70. The number of hydrogen-bond acceptors (Lipinski definition) is 4. The van der Waals surface area contributed by atoms with Gasteiger partial charge in [-0.2, -0.15) is 0 Å². The van der Waals surface area contributed by atoms with Crippen LogP contribution < -0.4 is 10.2 Å². The fraction of sp³-hybridized carbons (Fsp3) is 0.312. The second-order valence-electron chi connectivity index (χ2n) is 5.47. The molecule has 5 nitrogen and oxygen atoms in total. The fourth-order valence-corrected chi connectivity index (χ4v) is 3.47. The molecule has 0 saturated carbocycles. The van der Waals surface area contributed by atoms with Crippen LogP contribution in [0.2, 0.25) is 0 Å². The van der Waals surface area contributed by atoms with Crippen molar-refractivity contribution >= 4 is 34.0 Å². The summed E-state index contributed by atoms with van der Waals surface area (Å²) in [5.41, 5.74) is 2.78. The van der Waals surface area contributed by atoms with Gasteiger partial charge in [-0.25, -0.2) is 4.98 Å². The van der Waals surface area contributed by atoms with Gasteiger partial charge in [0.2, 0.25) is 0 Å². The molecule has 2 aromatic rings. The van der Waals surface area contributed by atoms with Gasteiger partial charge in [0.1, 0.15) is 0 Å². The van der Waals surface area contributed by atoms with E-state index in [4.69, 9.17) is 0 Å². The predicted molar refractivity (Wildman–Crippen MR) is 87.3 cm³/mol. The largest absolute Gasteiger partial charge is 0.316 e. The van der Waals surface area contributed by atoms with Crippen LogP contribution in [0.1, 0.15) is 23.1 Å². The first-order valence-electron chi connectivity index (χ1n) is 7.14. The summed E-state index contributed by atoms with van der Waals surface area (Å²) in [6.07, 6.45) is 0.769. The third-order valence-electron chi connectivity index (χ3n) is 3.87. The summed E-state index contributed by atoms with van der Waals surface area (Å²) < 4.78 is 0.